The fourth-order valence-electron chi connectivity index (χ4n) is 17.3. The van der Waals surface area contributed by atoms with Crippen LogP contribution in [-0.4, -0.2) is 532 Å². The van der Waals surface area contributed by atoms with Crippen LogP contribution in [0.4, 0.5) is 0 Å². The van der Waals surface area contributed by atoms with Crippen molar-refractivity contribution in [1.29, 1.82) is 0 Å². The van der Waals surface area contributed by atoms with Gasteiger partial charge in [0.1, 0.15) is 195 Å². The molecular formula is C80H160N32O32. The third kappa shape index (κ3) is 36.5. The summed E-state index contributed by atoms with van der Waals surface area (Å²) in [5.41, 5.74) is 90.0. The Bertz CT molecular complexity index is 3200. The molecule has 0 aliphatic carbocycles. The molecule has 30 rings (SSSR count). The van der Waals surface area contributed by atoms with Crippen LogP contribution in [0.15, 0.2) is 39.9 Å². The van der Waals surface area contributed by atoms with Crippen molar-refractivity contribution in [2.45, 2.75) is 297 Å². The van der Waals surface area contributed by atoms with E-state index in [0.29, 0.717) is 51.4 Å². The molecular weight excluding hydrogens is 1920 g/mol. The molecule has 832 valence electrons. The van der Waals surface area contributed by atoms with E-state index in [2.05, 4.69) is 82.5 Å². The summed E-state index contributed by atoms with van der Waals surface area (Å²) >= 11 is 0. The number of aliphatic imine (C=N–C) groups is 8. The Balaban J connectivity index is 1.14. The predicted molar refractivity (Wildman–Crippen MR) is 510 cm³/mol. The number of rotatable bonds is 48. The first-order valence-corrected chi connectivity index (χ1v) is 48.2. The lowest BCUT2D eigenvalue weighted by Gasteiger charge is -2.51. The molecule has 30 saturated heterocycles. The Hall–Kier alpha value is -7.44. The Morgan fingerprint density at radius 1 is 0.153 bits per heavy atom. The summed E-state index contributed by atoms with van der Waals surface area (Å²) in [6.07, 6.45) is -75.1. The van der Waals surface area contributed by atoms with E-state index in [1.165, 1.54) is 0 Å². The van der Waals surface area contributed by atoms with E-state index in [9.17, 15) is 81.7 Å². The van der Waals surface area contributed by atoms with Crippen LogP contribution < -0.4 is 134 Å². The van der Waals surface area contributed by atoms with Gasteiger partial charge in [-0.1, -0.05) is 0 Å². The zero-order chi connectivity index (χ0) is 105. The molecule has 0 aromatic rings. The highest BCUT2D eigenvalue weighted by atomic mass is 16.8. The molecule has 30 fully saturated rings. The highest BCUT2D eigenvalue weighted by Gasteiger charge is 2.61. The molecule has 0 unspecified atom stereocenters. The summed E-state index contributed by atoms with van der Waals surface area (Å²) in [6, 6.07) is 0. The molecule has 30 aliphatic rings. The van der Waals surface area contributed by atoms with Crippen LogP contribution in [0, 0.1) is 0 Å². The Labute approximate surface area is 830 Å². The maximum Gasteiger partial charge on any atom is 0.187 e. The zero-order valence-corrected chi connectivity index (χ0v) is 80.2. The lowest BCUT2D eigenvalue weighted by molar-refractivity contribution is -0.399. The number of hydrogen-bond acceptors (Lipinski definition) is 48. The van der Waals surface area contributed by atoms with Gasteiger partial charge in [0, 0.05) is 105 Å². The minimum absolute atomic E-state index is 0.125. The van der Waals surface area contributed by atoms with Gasteiger partial charge in [-0.25, -0.2) is 0 Å². The topological polar surface area (TPSA) is 1080 Å². The third-order valence-corrected chi connectivity index (χ3v) is 24.7. The molecule has 56 N–H and O–H groups in total. The van der Waals surface area contributed by atoms with Crippen LogP contribution >= 0.6 is 0 Å². The summed E-state index contributed by atoms with van der Waals surface area (Å²) in [5.74, 6) is -1.61. The van der Waals surface area contributed by atoms with Crippen LogP contribution in [0.2, 0.25) is 0 Å². The van der Waals surface area contributed by atoms with Gasteiger partial charge in [0.2, 0.25) is 0 Å². The van der Waals surface area contributed by atoms with Gasteiger partial charge in [-0.05, 0) is 104 Å². The average molecular weight is 2080 g/mol. The first kappa shape index (κ1) is 120. The molecule has 0 amide bonds. The molecule has 30 aliphatic heterocycles. The zero-order valence-electron chi connectivity index (χ0n) is 80.2. The van der Waals surface area contributed by atoms with Gasteiger partial charge in [-0.3, -0.25) is 39.9 Å². The number of nitrogens with zero attached hydrogens (tertiary/aromatic N) is 8. The van der Waals surface area contributed by atoms with Crippen LogP contribution in [0.25, 0.3) is 0 Å². The number of nitrogens with one attached hydrogen (secondary N) is 8. The standard InChI is InChI=1S/C80H160N32O32/c81-73(82)105-17-1-9-97-25-33-57-41(113)49(121)65(129-33)138-58-34(26-98-10-2-18-106-74(83)84)131-67(51(123)43(58)115)140-60-36(28-100-12-4-20-108-76(87)88)133-69(53(125)45(60)117)142-62-38(30-102-14-6-22-110-78(91)92)135-71(55(127)47(62)119)144-64-40(32-104-16-8-24-112-80(95)96)136-72(56(128)48(64)120)143-63-39(31-103-15-7-23-111-79(93)94)134-70(54(126)46(63)118)141-61-37(29-101-13-5-21-109-77(89)90)132-68(52(124)44(61)116)139-59-35(27-99-11-3-19-107-75(85)86)130-66(137-57)50(122)42(59)114/h33-72,97-104,113-128H,1-32H2,(H4,81,82,105)(H4,83,84,106)(H4,85,86,107)(H4,87,88,108)(H4,89,90,109)(H4,91,92,110)(H4,93,94,111)(H4,95,96,112)/t33-,34-,35-,36-,37-,38-,39-,40-,41-,42-,43-,44-,45-,46-,47-,48-,49-,50-,51-,52-,53+,54+,55-,56+,57-,58-,59-,60-,61-,62-,63-,64-,65-,66-,67-,68-,69-,70-,71-,72-/m1/s1. The van der Waals surface area contributed by atoms with Crippen molar-refractivity contribution < 1.29 is 157 Å². The van der Waals surface area contributed by atoms with Crippen molar-refractivity contribution in [1.82, 2.24) is 42.5 Å². The predicted octanol–water partition coefficient (Wildman–Crippen LogP) is -23.3. The van der Waals surface area contributed by atoms with Gasteiger partial charge in [-0.15, -0.1) is 0 Å². The van der Waals surface area contributed by atoms with Crippen molar-refractivity contribution in [3.63, 3.8) is 0 Å². The van der Waals surface area contributed by atoms with Gasteiger partial charge >= 0.3 is 0 Å². The smallest absolute Gasteiger partial charge is 0.187 e. The maximum atomic E-state index is 12.6. The van der Waals surface area contributed by atoms with Gasteiger partial charge in [0.25, 0.3) is 0 Å². The molecule has 0 aromatic carbocycles. The normalized spacial score (nSPS) is 38.0. The fraction of sp³-hybridized carbons (Fsp3) is 0.900. The monoisotopic (exact) mass is 2080 g/mol. The van der Waals surface area contributed by atoms with Gasteiger partial charge in [0.15, 0.2) is 98.0 Å². The lowest BCUT2D eigenvalue weighted by Crippen LogP contribution is -2.70. The summed E-state index contributed by atoms with van der Waals surface area (Å²) < 4.78 is 104. The number of aliphatic hydroxyl groups is 16. The summed E-state index contributed by atoms with van der Waals surface area (Å²) in [7, 11) is 0. The SMILES string of the molecule is NC(N)=NCCCNC[C@H]1O[C@@H]2O[C@H]3[C@H](O)[C@@H](O)[C@@H](O[C@H]4[C@H](O)[C@@H](O)[C@@H](O[C@H]5[C@H](O)[C@@H](O)[C@@H](O[C@H]6[C@H](O)[C@@H](O)[C@@H](O[C@H]7[C@H](O)[C@H](O)[C@@H](O[C@H]8[C@H](O)[C@@H](O)[C@@H](O[C@H]9[C@H](O)[C@H](O)[C@@H](O[C@H]1[C@H](O)[C@@H]2O)O[C@@H]9CNCCCN=C(N)N)O[C@@H]8CNCCCN=C(N)N)O[C@@H]7CNCCCN=C(N)N)O[C@@H]6CNCCCN=C(N)N)O[C@@H]5CNCCCN=C(N)N)O[C@@H]4CNCCCN=C(N)N)O[C@@H]3CNCCCN=C(N)N. The number of ether oxygens (including phenoxy) is 16. The highest BCUT2D eigenvalue weighted by Crippen LogP contribution is 2.41. The summed E-state index contributed by atoms with van der Waals surface area (Å²) in [4.78, 5) is 32.2. The molecule has 64 heteroatoms. The van der Waals surface area contributed by atoms with Crippen molar-refractivity contribution in [2.24, 2.45) is 132 Å². The highest BCUT2D eigenvalue weighted by molar-refractivity contribution is 5.78. The van der Waals surface area contributed by atoms with E-state index >= 15 is 0 Å². The average Bonchev–Trinajstić information content (AvgIpc) is 0.769. The number of nitrogens with two attached hydrogens (primary N) is 16. The van der Waals surface area contributed by atoms with E-state index in [-0.39, 0.29) is 205 Å². The Morgan fingerprint density at radius 2 is 0.250 bits per heavy atom. The second-order valence-corrected chi connectivity index (χ2v) is 35.9. The van der Waals surface area contributed by atoms with Gasteiger partial charge in [-0.2, -0.15) is 0 Å². The number of guanidine groups is 8. The van der Waals surface area contributed by atoms with Gasteiger partial charge in [0.05, 0.1) is 0 Å². The van der Waals surface area contributed by atoms with Crippen LogP contribution in [0.1, 0.15) is 51.4 Å². The van der Waals surface area contributed by atoms with E-state index in [1.54, 1.807) is 0 Å². The van der Waals surface area contributed by atoms with E-state index in [0.717, 1.165) is 0 Å². The second kappa shape index (κ2) is 61.0. The largest absolute Gasteiger partial charge is 0.387 e. The molecule has 64 nitrogen and oxygen atoms in total. The molecule has 144 heavy (non-hydrogen) atoms. The van der Waals surface area contributed by atoms with Crippen molar-refractivity contribution in [2.75, 3.05) is 157 Å². The van der Waals surface area contributed by atoms with Crippen molar-refractivity contribution in [3.05, 3.63) is 0 Å². The van der Waals surface area contributed by atoms with Crippen LogP contribution in [0.5, 0.6) is 0 Å². The van der Waals surface area contributed by atoms with Gasteiger partial charge < -0.3 is 292 Å². The van der Waals surface area contributed by atoms with E-state index < -0.39 is 246 Å². The van der Waals surface area contributed by atoms with Crippen LogP contribution in [0.3, 0.4) is 0 Å². The molecule has 30 heterocycles. The van der Waals surface area contributed by atoms with E-state index in [1.807, 2.05) is 0 Å². The van der Waals surface area contributed by atoms with E-state index in [4.69, 9.17) is 168 Å². The number of aliphatic hydroxyl groups excluding tert-OH is 16. The third-order valence-electron chi connectivity index (χ3n) is 24.7. The minimum atomic E-state index is -2.21. The molecule has 40 atom stereocenters. The minimum Gasteiger partial charge on any atom is -0.387 e. The molecule has 0 spiro atoms. The molecule has 0 saturated carbocycles. The van der Waals surface area contributed by atoms with Crippen molar-refractivity contribution >= 4 is 47.7 Å². The Kier molecular flexibility index (Phi) is 50.9. The Morgan fingerprint density at radius 3 is 0.340 bits per heavy atom. The quantitative estimate of drug-likeness (QED) is 0.0153. The maximum absolute atomic E-state index is 12.6. The molecule has 0 radical (unpaired) electrons. The number of hydrogen-bond donors (Lipinski definition) is 40. The second-order valence-electron chi connectivity index (χ2n) is 35.9. The first-order chi connectivity index (χ1) is 68.7. The molecule has 0 aromatic heterocycles. The molecule has 16 bridgehead atoms. The summed E-state index contributed by atoms with van der Waals surface area (Å²) in [6.45, 7) is -0.361. The lowest BCUT2D eigenvalue weighted by atomic mass is 9.94. The van der Waals surface area contributed by atoms with Crippen molar-refractivity contribution in [3.8, 4) is 0 Å². The first-order valence-electron chi connectivity index (χ1n) is 48.2. The summed E-state index contributed by atoms with van der Waals surface area (Å²) in [5, 5.41) is 225. The fourth-order valence-corrected chi connectivity index (χ4v) is 17.3. The van der Waals surface area contributed by atoms with Crippen LogP contribution in [-0.2, 0) is 75.8 Å².